The lowest BCUT2D eigenvalue weighted by atomic mass is 9.69. The molecule has 5 rings (SSSR count). The lowest BCUT2D eigenvalue weighted by molar-refractivity contribution is -0.152. The van der Waals surface area contributed by atoms with Gasteiger partial charge in [-0.3, -0.25) is 19.3 Å². The van der Waals surface area contributed by atoms with Crippen molar-refractivity contribution < 1.29 is 42.1 Å². The predicted molar refractivity (Wildman–Crippen MR) is 151 cm³/mol. The maximum atomic E-state index is 15.2. The number of nitrogens with zero attached hydrogens (tertiary/aromatic N) is 1. The number of esters is 1. The van der Waals surface area contributed by atoms with Crippen LogP contribution in [0.3, 0.4) is 0 Å². The Morgan fingerprint density at radius 3 is 2.29 bits per heavy atom. The van der Waals surface area contributed by atoms with Crippen molar-refractivity contribution in [1.29, 1.82) is 0 Å². The van der Waals surface area contributed by atoms with E-state index in [0.29, 0.717) is 28.9 Å². The number of halogens is 2. The van der Waals surface area contributed by atoms with Gasteiger partial charge in [0.05, 0.1) is 33.6 Å². The monoisotopic (exact) mass is 597 g/mol. The summed E-state index contributed by atoms with van der Waals surface area (Å²) in [5, 5.41) is 1.83. The maximum Gasteiger partial charge on any atom is 0.317 e. The summed E-state index contributed by atoms with van der Waals surface area (Å²) in [5.74, 6) is -5.15. The van der Waals surface area contributed by atoms with Crippen molar-refractivity contribution in [2.75, 3.05) is 32.8 Å². The summed E-state index contributed by atoms with van der Waals surface area (Å²) in [4.78, 5) is 43.6. The highest BCUT2D eigenvalue weighted by Crippen LogP contribution is 2.52. The number of ketones is 1. The molecule has 0 radical (unpaired) electrons. The average Bonchev–Trinajstić information content (AvgIpc) is 3.51. The highest BCUT2D eigenvalue weighted by Gasteiger charge is 2.50. The van der Waals surface area contributed by atoms with Crippen molar-refractivity contribution in [2.45, 2.75) is 31.6 Å². The van der Waals surface area contributed by atoms with Crippen molar-refractivity contribution in [3.05, 3.63) is 81.2 Å². The van der Waals surface area contributed by atoms with Gasteiger partial charge in [-0.15, -0.1) is 11.3 Å². The molecule has 2 heterocycles. The summed E-state index contributed by atoms with van der Waals surface area (Å²) >= 11 is 1.37. The number of Topliss-reactive ketones (excluding diaryl/α,β-unsaturated/α-hetero) is 1. The van der Waals surface area contributed by atoms with Gasteiger partial charge in [-0.1, -0.05) is 6.07 Å². The van der Waals surface area contributed by atoms with Crippen LogP contribution in [0, 0.1) is 17.6 Å². The molecule has 1 aromatic heterocycles. The van der Waals surface area contributed by atoms with Gasteiger partial charge in [-0.2, -0.15) is 0 Å². The third-order valence-electron chi connectivity index (χ3n) is 7.61. The number of anilines is 1. The lowest BCUT2D eigenvalue weighted by Crippen LogP contribution is -2.46. The molecule has 3 unspecified atom stereocenters. The number of allylic oxidation sites excluding steroid dienone is 2. The van der Waals surface area contributed by atoms with E-state index < -0.39 is 47.0 Å². The minimum Gasteiger partial charge on any atom is -0.493 e. The Balaban J connectivity index is 1.77. The maximum absolute atomic E-state index is 15.2. The van der Waals surface area contributed by atoms with Crippen LogP contribution in [0.1, 0.15) is 42.0 Å². The van der Waals surface area contributed by atoms with Gasteiger partial charge in [0.2, 0.25) is 11.7 Å². The van der Waals surface area contributed by atoms with Crippen LogP contribution in [0.25, 0.3) is 0 Å². The number of carbonyl (C=O) groups is 3. The molecular weight excluding hydrogens is 568 g/mol. The number of hydrogen-bond donors (Lipinski definition) is 0. The van der Waals surface area contributed by atoms with Crippen molar-refractivity contribution in [2.24, 2.45) is 5.92 Å². The van der Waals surface area contributed by atoms with Gasteiger partial charge >= 0.3 is 5.97 Å². The van der Waals surface area contributed by atoms with E-state index in [0.717, 1.165) is 15.8 Å². The molecule has 1 amide bonds. The fourth-order valence-corrected chi connectivity index (χ4v) is 6.70. The van der Waals surface area contributed by atoms with Crippen molar-refractivity contribution in [3.63, 3.8) is 0 Å². The Hall–Kier alpha value is -4.25. The van der Waals surface area contributed by atoms with E-state index in [4.69, 9.17) is 18.9 Å². The molecule has 0 spiro atoms. The van der Waals surface area contributed by atoms with E-state index in [1.165, 1.54) is 38.7 Å². The third kappa shape index (κ3) is 5.02. The van der Waals surface area contributed by atoms with Crippen molar-refractivity contribution in [3.8, 4) is 17.2 Å². The van der Waals surface area contributed by atoms with Crippen LogP contribution < -0.4 is 19.1 Å². The smallest absolute Gasteiger partial charge is 0.317 e. The summed E-state index contributed by atoms with van der Waals surface area (Å²) in [6.07, 6.45) is -0.173. The Kier molecular flexibility index (Phi) is 8.31. The Morgan fingerprint density at radius 2 is 1.71 bits per heavy atom. The Labute approximate surface area is 245 Å². The Morgan fingerprint density at radius 1 is 1.00 bits per heavy atom. The summed E-state index contributed by atoms with van der Waals surface area (Å²) in [7, 11) is 4.36. The average molecular weight is 598 g/mol. The summed E-state index contributed by atoms with van der Waals surface area (Å²) in [6, 6.07) is 9.83. The first-order chi connectivity index (χ1) is 20.2. The molecule has 0 saturated heterocycles. The number of hydrogen-bond acceptors (Lipinski definition) is 8. The fraction of sp³-hybridized carbons (Fsp3) is 0.323. The highest BCUT2D eigenvalue weighted by molar-refractivity contribution is 7.10. The molecule has 0 fully saturated rings. The van der Waals surface area contributed by atoms with Crippen LogP contribution in [0.2, 0.25) is 0 Å². The van der Waals surface area contributed by atoms with E-state index in [9.17, 15) is 18.8 Å². The van der Waals surface area contributed by atoms with E-state index >= 15 is 4.39 Å². The second-order valence-corrected chi connectivity index (χ2v) is 10.8. The molecule has 3 aromatic rings. The zero-order chi connectivity index (χ0) is 30.1. The van der Waals surface area contributed by atoms with Crippen LogP contribution in [-0.4, -0.2) is 45.6 Å². The molecular formula is C31H29F2NO7S. The van der Waals surface area contributed by atoms with Gasteiger partial charge in [-0.05, 0) is 54.6 Å². The second-order valence-electron chi connectivity index (χ2n) is 9.82. The molecule has 1 aliphatic heterocycles. The van der Waals surface area contributed by atoms with E-state index in [1.807, 2.05) is 11.4 Å². The molecule has 8 nitrogen and oxygen atoms in total. The number of rotatable bonds is 8. The number of benzene rings is 2. The van der Waals surface area contributed by atoms with Gasteiger partial charge in [0, 0.05) is 40.5 Å². The molecule has 2 aliphatic rings. The van der Waals surface area contributed by atoms with Gasteiger partial charge in [0.25, 0.3) is 0 Å². The predicted octanol–water partition coefficient (Wildman–Crippen LogP) is 5.76. The number of ether oxygens (including phenoxy) is 4. The summed E-state index contributed by atoms with van der Waals surface area (Å²) in [6.45, 7) is 1.74. The fourth-order valence-electron chi connectivity index (χ4n) is 5.83. The minimum absolute atomic E-state index is 0.0640. The standard InChI is InChI=1S/C31H29F2NO7S/c1-5-41-31(37)28-19(25-7-6-10-42-25)14-22-27(29(28)36)18(16-11-23(38-2)30(40-4)24(12-16)39-3)15-26(35)34(22)21-9-8-17(32)13-20(21)33/h6-13,18-19,28H,5,14-15H2,1-4H3. The molecule has 0 saturated carbocycles. The molecule has 42 heavy (non-hydrogen) atoms. The summed E-state index contributed by atoms with van der Waals surface area (Å²) in [5.41, 5.74) is 0.762. The number of carbonyl (C=O) groups excluding carboxylic acids is 3. The first kappa shape index (κ1) is 29.2. The minimum atomic E-state index is -1.18. The topological polar surface area (TPSA) is 91.4 Å². The summed E-state index contributed by atoms with van der Waals surface area (Å²) < 4.78 is 50.9. The van der Waals surface area contributed by atoms with Crippen LogP contribution in [0.5, 0.6) is 17.2 Å². The molecule has 3 atom stereocenters. The molecule has 11 heteroatoms. The molecule has 0 bridgehead atoms. The molecule has 0 N–H and O–H groups in total. The quantitative estimate of drug-likeness (QED) is 0.241. The molecule has 2 aromatic carbocycles. The van der Waals surface area contributed by atoms with Crippen LogP contribution in [0.4, 0.5) is 14.5 Å². The number of amides is 1. The highest BCUT2D eigenvalue weighted by atomic mass is 32.1. The first-order valence-corrected chi connectivity index (χ1v) is 14.2. The van der Waals surface area contributed by atoms with E-state index in [2.05, 4.69) is 0 Å². The zero-order valence-corrected chi connectivity index (χ0v) is 24.3. The normalized spacial score (nSPS) is 20.3. The van der Waals surface area contributed by atoms with Gasteiger partial charge < -0.3 is 18.9 Å². The van der Waals surface area contributed by atoms with Gasteiger partial charge in [0.1, 0.15) is 17.6 Å². The van der Waals surface area contributed by atoms with Crippen LogP contribution in [0.15, 0.2) is 59.1 Å². The van der Waals surface area contributed by atoms with E-state index in [1.54, 1.807) is 25.1 Å². The third-order valence-corrected chi connectivity index (χ3v) is 8.61. The number of thiophene rings is 1. The van der Waals surface area contributed by atoms with Crippen LogP contribution >= 0.6 is 11.3 Å². The van der Waals surface area contributed by atoms with Crippen molar-refractivity contribution in [1.82, 2.24) is 0 Å². The molecule has 1 aliphatic carbocycles. The SMILES string of the molecule is CCOC(=O)C1C(=O)C2=C(CC1c1cccs1)N(c1ccc(F)cc1F)C(=O)CC2c1cc(OC)c(OC)c(OC)c1. The zero-order valence-electron chi connectivity index (χ0n) is 23.4. The largest absolute Gasteiger partial charge is 0.493 e. The Bertz CT molecular complexity index is 1540. The molecule has 220 valence electrons. The van der Waals surface area contributed by atoms with Gasteiger partial charge in [0.15, 0.2) is 17.3 Å². The lowest BCUT2D eigenvalue weighted by Gasteiger charge is -2.42. The second kappa shape index (κ2) is 11.9. The van der Waals surface area contributed by atoms with Gasteiger partial charge in [-0.25, -0.2) is 8.78 Å². The van der Waals surface area contributed by atoms with E-state index in [-0.39, 0.29) is 36.4 Å². The van der Waals surface area contributed by atoms with Crippen molar-refractivity contribution >= 4 is 34.7 Å². The number of methoxy groups -OCH3 is 3. The van der Waals surface area contributed by atoms with Crippen LogP contribution in [-0.2, 0) is 19.1 Å². The first-order valence-electron chi connectivity index (χ1n) is 13.3.